The first-order valence-electron chi connectivity index (χ1n) is 7.58. The summed E-state index contributed by atoms with van der Waals surface area (Å²) in [5.74, 6) is 2.11. The summed E-state index contributed by atoms with van der Waals surface area (Å²) in [5, 5.41) is 0. The SMILES string of the molecule is Cc1cccc(CC(CN)C2CC2c2ccccc2)c1. The number of nitrogens with two attached hydrogens (primary N) is 1. The van der Waals surface area contributed by atoms with E-state index in [1.165, 1.54) is 23.1 Å². The normalized spacial score (nSPS) is 22.5. The third-order valence-corrected chi connectivity index (χ3v) is 4.56. The maximum absolute atomic E-state index is 6.04. The van der Waals surface area contributed by atoms with Crippen LogP contribution in [0.5, 0.6) is 0 Å². The second-order valence-electron chi connectivity index (χ2n) is 6.11. The van der Waals surface area contributed by atoms with Gasteiger partial charge in [0, 0.05) is 0 Å². The molecule has 2 aromatic carbocycles. The molecule has 0 aliphatic heterocycles. The van der Waals surface area contributed by atoms with Gasteiger partial charge < -0.3 is 5.73 Å². The molecule has 0 spiro atoms. The van der Waals surface area contributed by atoms with Gasteiger partial charge in [0.2, 0.25) is 0 Å². The lowest BCUT2D eigenvalue weighted by atomic mass is 9.92. The molecule has 0 radical (unpaired) electrons. The molecule has 0 amide bonds. The van der Waals surface area contributed by atoms with Crippen molar-refractivity contribution in [3.8, 4) is 0 Å². The van der Waals surface area contributed by atoms with Crippen molar-refractivity contribution < 1.29 is 0 Å². The van der Waals surface area contributed by atoms with Crippen molar-refractivity contribution in [3.63, 3.8) is 0 Å². The van der Waals surface area contributed by atoms with E-state index >= 15 is 0 Å². The predicted molar refractivity (Wildman–Crippen MR) is 84.7 cm³/mol. The molecule has 1 aliphatic carbocycles. The summed E-state index contributed by atoms with van der Waals surface area (Å²) >= 11 is 0. The van der Waals surface area contributed by atoms with Crippen LogP contribution in [-0.4, -0.2) is 6.54 Å². The zero-order chi connectivity index (χ0) is 13.9. The van der Waals surface area contributed by atoms with Gasteiger partial charge in [-0.3, -0.25) is 0 Å². The van der Waals surface area contributed by atoms with Crippen molar-refractivity contribution in [2.24, 2.45) is 17.6 Å². The lowest BCUT2D eigenvalue weighted by Crippen LogP contribution is -2.19. The molecule has 2 aromatic rings. The molecule has 3 rings (SSSR count). The van der Waals surface area contributed by atoms with Gasteiger partial charge in [-0.1, -0.05) is 60.2 Å². The highest BCUT2D eigenvalue weighted by Gasteiger charge is 2.42. The van der Waals surface area contributed by atoms with E-state index in [-0.39, 0.29) is 0 Å². The minimum atomic E-state index is 0.613. The topological polar surface area (TPSA) is 26.0 Å². The fourth-order valence-corrected chi connectivity index (χ4v) is 3.37. The van der Waals surface area contributed by atoms with Gasteiger partial charge in [-0.25, -0.2) is 0 Å². The van der Waals surface area contributed by atoms with Crippen molar-refractivity contribution in [3.05, 3.63) is 71.3 Å². The number of rotatable bonds is 5. The molecule has 1 nitrogen and oxygen atoms in total. The number of hydrogen-bond donors (Lipinski definition) is 1. The smallest absolute Gasteiger partial charge is 0.00428 e. The van der Waals surface area contributed by atoms with Crippen molar-refractivity contribution in [2.45, 2.75) is 25.7 Å². The lowest BCUT2D eigenvalue weighted by Gasteiger charge is -2.15. The molecule has 0 saturated heterocycles. The summed E-state index contributed by atoms with van der Waals surface area (Å²) in [6.07, 6.45) is 2.42. The highest BCUT2D eigenvalue weighted by Crippen LogP contribution is 2.52. The van der Waals surface area contributed by atoms with Gasteiger partial charge in [0.1, 0.15) is 0 Å². The summed E-state index contributed by atoms with van der Waals surface area (Å²) in [6, 6.07) is 19.7. The first-order valence-corrected chi connectivity index (χ1v) is 7.58. The van der Waals surface area contributed by atoms with Crippen LogP contribution in [0.25, 0.3) is 0 Å². The summed E-state index contributed by atoms with van der Waals surface area (Å²) in [5.41, 5.74) is 10.3. The van der Waals surface area contributed by atoms with Gasteiger partial charge >= 0.3 is 0 Å². The van der Waals surface area contributed by atoms with E-state index in [1.807, 2.05) is 0 Å². The molecular formula is C19H23N. The van der Waals surface area contributed by atoms with Crippen LogP contribution in [-0.2, 0) is 6.42 Å². The van der Waals surface area contributed by atoms with Crippen molar-refractivity contribution in [1.82, 2.24) is 0 Å². The van der Waals surface area contributed by atoms with Gasteiger partial charge in [0.15, 0.2) is 0 Å². The van der Waals surface area contributed by atoms with E-state index < -0.39 is 0 Å². The second-order valence-corrected chi connectivity index (χ2v) is 6.11. The number of hydrogen-bond acceptors (Lipinski definition) is 1. The third kappa shape index (κ3) is 2.94. The number of benzene rings is 2. The highest BCUT2D eigenvalue weighted by atomic mass is 14.6. The molecule has 0 aromatic heterocycles. The van der Waals surface area contributed by atoms with E-state index in [0.29, 0.717) is 5.92 Å². The summed E-state index contributed by atoms with van der Waals surface area (Å²) in [7, 11) is 0. The van der Waals surface area contributed by atoms with Crippen LogP contribution in [0.3, 0.4) is 0 Å². The van der Waals surface area contributed by atoms with Gasteiger partial charge in [0.25, 0.3) is 0 Å². The Kier molecular flexibility index (Phi) is 3.88. The van der Waals surface area contributed by atoms with Gasteiger partial charge in [-0.05, 0) is 55.2 Å². The quantitative estimate of drug-likeness (QED) is 0.871. The highest BCUT2D eigenvalue weighted by molar-refractivity contribution is 5.28. The molecule has 1 saturated carbocycles. The van der Waals surface area contributed by atoms with Crippen LogP contribution >= 0.6 is 0 Å². The Balaban J connectivity index is 1.67. The molecule has 1 fully saturated rings. The monoisotopic (exact) mass is 265 g/mol. The van der Waals surface area contributed by atoms with Crippen molar-refractivity contribution in [1.29, 1.82) is 0 Å². The Morgan fingerprint density at radius 3 is 2.60 bits per heavy atom. The van der Waals surface area contributed by atoms with Crippen molar-refractivity contribution >= 4 is 0 Å². The Morgan fingerprint density at radius 1 is 1.10 bits per heavy atom. The summed E-state index contributed by atoms with van der Waals surface area (Å²) < 4.78 is 0. The first-order chi connectivity index (χ1) is 9.78. The van der Waals surface area contributed by atoms with Crippen molar-refractivity contribution in [2.75, 3.05) is 6.54 Å². The summed E-state index contributed by atoms with van der Waals surface area (Å²) in [4.78, 5) is 0. The molecular weight excluding hydrogens is 242 g/mol. The summed E-state index contributed by atoms with van der Waals surface area (Å²) in [6.45, 7) is 2.95. The maximum atomic E-state index is 6.04. The van der Waals surface area contributed by atoms with Crippen LogP contribution in [0, 0.1) is 18.8 Å². The molecule has 104 valence electrons. The van der Waals surface area contributed by atoms with E-state index in [1.54, 1.807) is 0 Å². The minimum absolute atomic E-state index is 0.613. The van der Waals surface area contributed by atoms with Gasteiger partial charge in [-0.2, -0.15) is 0 Å². The average Bonchev–Trinajstić information content (AvgIpc) is 3.26. The molecule has 2 N–H and O–H groups in total. The Labute approximate surface area is 121 Å². The largest absolute Gasteiger partial charge is 0.330 e. The van der Waals surface area contributed by atoms with E-state index in [4.69, 9.17) is 5.73 Å². The van der Waals surface area contributed by atoms with Crippen LogP contribution in [0.2, 0.25) is 0 Å². The fourth-order valence-electron chi connectivity index (χ4n) is 3.37. The van der Waals surface area contributed by atoms with E-state index in [9.17, 15) is 0 Å². The third-order valence-electron chi connectivity index (χ3n) is 4.56. The molecule has 20 heavy (non-hydrogen) atoms. The zero-order valence-corrected chi connectivity index (χ0v) is 12.1. The molecule has 0 bridgehead atoms. The van der Waals surface area contributed by atoms with Crippen LogP contribution in [0.15, 0.2) is 54.6 Å². The van der Waals surface area contributed by atoms with Crippen LogP contribution < -0.4 is 5.73 Å². The predicted octanol–water partition coefficient (Wildman–Crippen LogP) is 3.92. The Morgan fingerprint density at radius 2 is 1.90 bits per heavy atom. The van der Waals surface area contributed by atoms with Gasteiger partial charge in [-0.15, -0.1) is 0 Å². The molecule has 1 heteroatoms. The zero-order valence-electron chi connectivity index (χ0n) is 12.1. The van der Waals surface area contributed by atoms with E-state index in [2.05, 4.69) is 61.5 Å². The Hall–Kier alpha value is -1.60. The minimum Gasteiger partial charge on any atom is -0.330 e. The second kappa shape index (κ2) is 5.80. The van der Waals surface area contributed by atoms with E-state index in [0.717, 1.165) is 24.8 Å². The average molecular weight is 265 g/mol. The lowest BCUT2D eigenvalue weighted by molar-refractivity contribution is 0.461. The number of aryl methyl sites for hydroxylation is 1. The maximum Gasteiger partial charge on any atom is -0.00428 e. The van der Waals surface area contributed by atoms with Crippen LogP contribution in [0.1, 0.15) is 29.0 Å². The van der Waals surface area contributed by atoms with Gasteiger partial charge in [0.05, 0.1) is 0 Å². The Bertz CT molecular complexity index is 561. The molecule has 3 unspecified atom stereocenters. The molecule has 0 heterocycles. The van der Waals surface area contributed by atoms with Crippen LogP contribution in [0.4, 0.5) is 0 Å². The fraction of sp³-hybridized carbons (Fsp3) is 0.368. The standard InChI is InChI=1S/C19H23N/c1-14-6-5-7-15(10-14)11-17(13-20)19-12-18(19)16-8-3-2-4-9-16/h2-10,17-19H,11-13,20H2,1H3. The molecule has 1 aliphatic rings. The molecule has 3 atom stereocenters. The first kappa shape index (κ1) is 13.4.